The maximum atomic E-state index is 10.7. The number of hydrogen-bond acceptors (Lipinski definition) is 2. The van der Waals surface area contributed by atoms with E-state index in [2.05, 4.69) is 6.92 Å². The summed E-state index contributed by atoms with van der Waals surface area (Å²) in [5.41, 5.74) is 0.908. The van der Waals surface area contributed by atoms with Crippen molar-refractivity contribution in [3.8, 4) is 5.75 Å². The van der Waals surface area contributed by atoms with E-state index in [1.54, 1.807) is 12.1 Å². The molecule has 1 aliphatic rings. The zero-order chi connectivity index (χ0) is 11.7. The van der Waals surface area contributed by atoms with Gasteiger partial charge < -0.3 is 10.2 Å². The van der Waals surface area contributed by atoms with Crippen molar-refractivity contribution in [2.45, 2.75) is 19.8 Å². The minimum atomic E-state index is -0.686. The predicted molar refractivity (Wildman–Crippen MR) is 60.2 cm³/mol. The van der Waals surface area contributed by atoms with E-state index < -0.39 is 5.97 Å². The SMILES string of the molecule is CC(Cc1ccccc1O)C1CC1C(=O)O. The number of para-hydroxylation sites is 1. The van der Waals surface area contributed by atoms with Crippen LogP contribution in [0, 0.1) is 17.8 Å². The molecule has 0 aliphatic heterocycles. The van der Waals surface area contributed by atoms with Crippen LogP contribution in [0.5, 0.6) is 5.75 Å². The summed E-state index contributed by atoms with van der Waals surface area (Å²) in [6.07, 6.45) is 1.53. The number of hydrogen-bond donors (Lipinski definition) is 2. The molecule has 0 aromatic heterocycles. The van der Waals surface area contributed by atoms with Gasteiger partial charge in [-0.3, -0.25) is 4.79 Å². The number of phenolic OH excluding ortho intramolecular Hbond substituents is 1. The third kappa shape index (κ3) is 2.18. The molecule has 16 heavy (non-hydrogen) atoms. The van der Waals surface area contributed by atoms with Gasteiger partial charge in [0.1, 0.15) is 5.75 Å². The van der Waals surface area contributed by atoms with Gasteiger partial charge in [-0.15, -0.1) is 0 Å². The first-order valence-corrected chi connectivity index (χ1v) is 5.59. The van der Waals surface area contributed by atoms with Crippen LogP contribution in [-0.4, -0.2) is 16.2 Å². The number of carboxylic acids is 1. The number of benzene rings is 1. The minimum Gasteiger partial charge on any atom is -0.508 e. The smallest absolute Gasteiger partial charge is 0.306 e. The van der Waals surface area contributed by atoms with Crippen molar-refractivity contribution in [2.75, 3.05) is 0 Å². The maximum absolute atomic E-state index is 10.7. The highest BCUT2D eigenvalue weighted by atomic mass is 16.4. The predicted octanol–water partition coefficient (Wildman–Crippen LogP) is 2.29. The van der Waals surface area contributed by atoms with Crippen molar-refractivity contribution in [1.82, 2.24) is 0 Å². The molecule has 86 valence electrons. The van der Waals surface area contributed by atoms with Crippen LogP contribution in [0.2, 0.25) is 0 Å². The highest BCUT2D eigenvalue weighted by Crippen LogP contribution is 2.45. The molecule has 1 aromatic rings. The monoisotopic (exact) mass is 220 g/mol. The van der Waals surface area contributed by atoms with Gasteiger partial charge >= 0.3 is 5.97 Å². The molecule has 0 spiro atoms. The highest BCUT2D eigenvalue weighted by Gasteiger charge is 2.46. The molecule has 0 amide bonds. The summed E-state index contributed by atoms with van der Waals surface area (Å²) in [5.74, 6) is 0.0448. The quantitative estimate of drug-likeness (QED) is 0.818. The third-order valence-corrected chi connectivity index (χ3v) is 3.42. The standard InChI is InChI=1S/C13H16O3/c1-8(10-7-11(10)13(15)16)6-9-4-2-3-5-12(9)14/h2-5,8,10-11,14H,6-7H2,1H3,(H,15,16). The van der Waals surface area contributed by atoms with Gasteiger partial charge in [0, 0.05) is 0 Å². The van der Waals surface area contributed by atoms with Gasteiger partial charge in [0.25, 0.3) is 0 Å². The average molecular weight is 220 g/mol. The van der Waals surface area contributed by atoms with Crippen molar-refractivity contribution >= 4 is 5.97 Å². The van der Waals surface area contributed by atoms with Crippen molar-refractivity contribution < 1.29 is 15.0 Å². The number of aliphatic carboxylic acids is 1. The van der Waals surface area contributed by atoms with Gasteiger partial charge in [-0.2, -0.15) is 0 Å². The molecule has 3 unspecified atom stereocenters. The van der Waals surface area contributed by atoms with Crippen molar-refractivity contribution in [2.24, 2.45) is 17.8 Å². The Morgan fingerprint density at radius 3 is 2.75 bits per heavy atom. The number of phenols is 1. The first kappa shape index (κ1) is 11.0. The average Bonchev–Trinajstić information content (AvgIpc) is 3.01. The molecular weight excluding hydrogens is 204 g/mol. The van der Waals surface area contributed by atoms with Crippen LogP contribution >= 0.6 is 0 Å². The maximum Gasteiger partial charge on any atom is 0.306 e. The number of aromatic hydroxyl groups is 1. The molecule has 3 atom stereocenters. The Hall–Kier alpha value is -1.51. The Labute approximate surface area is 94.7 Å². The lowest BCUT2D eigenvalue weighted by atomic mass is 9.95. The highest BCUT2D eigenvalue weighted by molar-refractivity contribution is 5.73. The lowest BCUT2D eigenvalue weighted by Gasteiger charge is -2.11. The largest absolute Gasteiger partial charge is 0.508 e. The number of carboxylic acid groups (broad SMARTS) is 1. The number of carbonyl (C=O) groups is 1. The molecule has 1 saturated carbocycles. The van der Waals surface area contributed by atoms with E-state index in [0.717, 1.165) is 18.4 Å². The fourth-order valence-electron chi connectivity index (χ4n) is 2.31. The summed E-state index contributed by atoms with van der Waals surface area (Å²) < 4.78 is 0. The second-order valence-corrected chi connectivity index (χ2v) is 4.65. The van der Waals surface area contributed by atoms with Crippen molar-refractivity contribution in [1.29, 1.82) is 0 Å². The summed E-state index contributed by atoms with van der Waals surface area (Å²) in [7, 11) is 0. The molecule has 3 nitrogen and oxygen atoms in total. The zero-order valence-corrected chi connectivity index (χ0v) is 9.26. The molecule has 3 heteroatoms. The van der Waals surface area contributed by atoms with Gasteiger partial charge in [0.05, 0.1) is 5.92 Å². The van der Waals surface area contributed by atoms with Gasteiger partial charge in [-0.25, -0.2) is 0 Å². The Balaban J connectivity index is 1.96. The minimum absolute atomic E-state index is 0.166. The van der Waals surface area contributed by atoms with E-state index in [4.69, 9.17) is 5.11 Å². The second-order valence-electron chi connectivity index (χ2n) is 4.65. The zero-order valence-electron chi connectivity index (χ0n) is 9.26. The van der Waals surface area contributed by atoms with E-state index in [9.17, 15) is 9.90 Å². The van der Waals surface area contributed by atoms with E-state index in [1.807, 2.05) is 12.1 Å². The van der Waals surface area contributed by atoms with E-state index >= 15 is 0 Å². The van der Waals surface area contributed by atoms with Crippen molar-refractivity contribution in [3.63, 3.8) is 0 Å². The van der Waals surface area contributed by atoms with E-state index in [0.29, 0.717) is 11.7 Å². The molecule has 0 saturated heterocycles. The van der Waals surface area contributed by atoms with Crippen molar-refractivity contribution in [3.05, 3.63) is 29.8 Å². The van der Waals surface area contributed by atoms with Gasteiger partial charge in [-0.1, -0.05) is 25.1 Å². The molecule has 1 aromatic carbocycles. The summed E-state index contributed by atoms with van der Waals surface area (Å²) in [4.78, 5) is 10.7. The Kier molecular flexibility index (Phi) is 2.86. The molecule has 2 rings (SSSR count). The lowest BCUT2D eigenvalue weighted by Crippen LogP contribution is -2.08. The summed E-state index contributed by atoms with van der Waals surface area (Å²) >= 11 is 0. The second kappa shape index (κ2) is 4.16. The topological polar surface area (TPSA) is 57.5 Å². The third-order valence-electron chi connectivity index (χ3n) is 3.42. The van der Waals surface area contributed by atoms with Gasteiger partial charge in [0.15, 0.2) is 0 Å². The van der Waals surface area contributed by atoms with Crippen LogP contribution in [-0.2, 0) is 11.2 Å². The molecule has 0 radical (unpaired) electrons. The Morgan fingerprint density at radius 2 is 2.19 bits per heavy atom. The van der Waals surface area contributed by atoms with Crippen LogP contribution in [0.3, 0.4) is 0 Å². The van der Waals surface area contributed by atoms with Crippen LogP contribution in [0.25, 0.3) is 0 Å². The van der Waals surface area contributed by atoms with Crippen LogP contribution in [0.4, 0.5) is 0 Å². The number of rotatable bonds is 4. The molecule has 2 N–H and O–H groups in total. The van der Waals surface area contributed by atoms with Crippen LogP contribution in [0.15, 0.2) is 24.3 Å². The fraction of sp³-hybridized carbons (Fsp3) is 0.462. The lowest BCUT2D eigenvalue weighted by molar-refractivity contribution is -0.139. The molecule has 0 heterocycles. The fourth-order valence-corrected chi connectivity index (χ4v) is 2.31. The Morgan fingerprint density at radius 1 is 1.50 bits per heavy atom. The van der Waals surface area contributed by atoms with Gasteiger partial charge in [-0.05, 0) is 36.3 Å². The molecular formula is C13H16O3. The first-order chi connectivity index (χ1) is 7.59. The summed E-state index contributed by atoms with van der Waals surface area (Å²) in [5, 5.41) is 18.5. The first-order valence-electron chi connectivity index (χ1n) is 5.59. The summed E-state index contributed by atoms with van der Waals surface area (Å²) in [6, 6.07) is 7.25. The molecule has 0 bridgehead atoms. The van der Waals surface area contributed by atoms with Crippen LogP contribution in [0.1, 0.15) is 18.9 Å². The van der Waals surface area contributed by atoms with Crippen LogP contribution < -0.4 is 0 Å². The van der Waals surface area contributed by atoms with Gasteiger partial charge in [0.2, 0.25) is 0 Å². The normalized spacial score (nSPS) is 25.1. The summed E-state index contributed by atoms with van der Waals surface area (Å²) in [6.45, 7) is 2.06. The van der Waals surface area contributed by atoms with E-state index in [-0.39, 0.29) is 11.8 Å². The van der Waals surface area contributed by atoms with E-state index in [1.165, 1.54) is 0 Å². The Bertz CT molecular complexity index is 400. The molecule has 1 aliphatic carbocycles. The molecule has 1 fully saturated rings.